The van der Waals surface area contributed by atoms with Crippen molar-refractivity contribution < 1.29 is 8.42 Å². The van der Waals surface area contributed by atoms with Gasteiger partial charge in [0, 0.05) is 13.1 Å². The van der Waals surface area contributed by atoms with Gasteiger partial charge in [-0.3, -0.25) is 0 Å². The van der Waals surface area contributed by atoms with Gasteiger partial charge in [-0.1, -0.05) is 48.9 Å². The van der Waals surface area contributed by atoms with Crippen LogP contribution in [-0.4, -0.2) is 25.8 Å². The molecular weight excluding hydrogens is 294 g/mol. The minimum absolute atomic E-state index is 0.0757. The maximum atomic E-state index is 12.8. The lowest BCUT2D eigenvalue weighted by Gasteiger charge is -2.42. The molecule has 22 heavy (non-hydrogen) atoms. The van der Waals surface area contributed by atoms with Crippen molar-refractivity contribution in [3.05, 3.63) is 54.1 Å². The molecule has 0 amide bonds. The maximum Gasteiger partial charge on any atom is 0.243 e. The van der Waals surface area contributed by atoms with Gasteiger partial charge in [0.1, 0.15) is 0 Å². The zero-order chi connectivity index (χ0) is 15.8. The number of benzene rings is 1. The van der Waals surface area contributed by atoms with Gasteiger partial charge in [0.15, 0.2) is 0 Å². The largest absolute Gasteiger partial charge is 0.243 e. The van der Waals surface area contributed by atoms with Gasteiger partial charge in [-0.15, -0.1) is 0 Å². The predicted octanol–water partition coefficient (Wildman–Crippen LogP) is 3.53. The van der Waals surface area contributed by atoms with Crippen molar-refractivity contribution in [3.63, 3.8) is 0 Å². The molecule has 0 spiro atoms. The normalized spacial score (nSPS) is 29.1. The van der Waals surface area contributed by atoms with Gasteiger partial charge in [-0.05, 0) is 43.2 Å². The number of hydrogen-bond acceptors (Lipinski definition) is 2. The molecule has 2 atom stereocenters. The highest BCUT2D eigenvalue weighted by Gasteiger charge is 2.40. The fourth-order valence-corrected chi connectivity index (χ4v) is 4.76. The molecule has 2 aliphatic rings. The lowest BCUT2D eigenvalue weighted by atomic mass is 9.72. The van der Waals surface area contributed by atoms with Gasteiger partial charge in [0.2, 0.25) is 10.0 Å². The summed E-state index contributed by atoms with van der Waals surface area (Å²) >= 11 is 0. The Kier molecular flexibility index (Phi) is 4.00. The Morgan fingerprint density at radius 1 is 1.18 bits per heavy atom. The molecule has 1 aromatic rings. The van der Waals surface area contributed by atoms with E-state index >= 15 is 0 Å². The Morgan fingerprint density at radius 2 is 1.91 bits per heavy atom. The quantitative estimate of drug-likeness (QED) is 0.783. The standard InChI is InChI=1S/C18H23NO2S/c1-15-7-9-17(10-8-15)22(20,21)19-13-12-18(2)11-5-3-4-6-16(18)14-19/h4-11,16H,3,12-14H2,1-2H3/t16-,18-/m0/s1. The van der Waals surface area contributed by atoms with Gasteiger partial charge in [0.25, 0.3) is 0 Å². The summed E-state index contributed by atoms with van der Waals surface area (Å²) in [6, 6.07) is 7.13. The van der Waals surface area contributed by atoms with Crippen LogP contribution in [0.5, 0.6) is 0 Å². The van der Waals surface area contributed by atoms with Crippen molar-refractivity contribution >= 4 is 10.0 Å². The first kappa shape index (κ1) is 15.5. The summed E-state index contributed by atoms with van der Waals surface area (Å²) in [7, 11) is -3.39. The highest BCUT2D eigenvalue weighted by molar-refractivity contribution is 7.89. The van der Waals surface area contributed by atoms with Crippen molar-refractivity contribution in [2.45, 2.75) is 31.6 Å². The van der Waals surface area contributed by atoms with Gasteiger partial charge in [-0.2, -0.15) is 4.31 Å². The van der Waals surface area contributed by atoms with E-state index in [4.69, 9.17) is 0 Å². The smallest absolute Gasteiger partial charge is 0.207 e. The van der Waals surface area contributed by atoms with Crippen molar-refractivity contribution in [2.75, 3.05) is 13.1 Å². The Morgan fingerprint density at radius 3 is 2.64 bits per heavy atom. The number of hydrogen-bond donors (Lipinski definition) is 0. The first-order valence-electron chi connectivity index (χ1n) is 7.83. The fraction of sp³-hybridized carbons (Fsp3) is 0.444. The molecule has 1 aliphatic heterocycles. The Balaban J connectivity index is 1.87. The minimum atomic E-state index is -3.39. The van der Waals surface area contributed by atoms with E-state index in [1.54, 1.807) is 16.4 Å². The van der Waals surface area contributed by atoms with Crippen LogP contribution in [0.3, 0.4) is 0 Å². The third kappa shape index (κ3) is 2.77. The number of fused-ring (bicyclic) bond motifs is 1. The van der Waals surface area contributed by atoms with Gasteiger partial charge in [0.05, 0.1) is 4.90 Å². The van der Waals surface area contributed by atoms with E-state index < -0.39 is 10.0 Å². The van der Waals surface area contributed by atoms with Crippen LogP contribution < -0.4 is 0 Å². The molecule has 0 aromatic heterocycles. The number of piperidine rings is 1. The van der Waals surface area contributed by atoms with E-state index in [0.717, 1.165) is 18.4 Å². The number of rotatable bonds is 2. The second kappa shape index (κ2) is 5.67. The summed E-state index contributed by atoms with van der Waals surface area (Å²) in [6.07, 6.45) is 10.6. The number of aryl methyl sites for hydroxylation is 1. The van der Waals surface area contributed by atoms with Crippen molar-refractivity contribution in [1.82, 2.24) is 4.31 Å². The highest BCUT2D eigenvalue weighted by atomic mass is 32.2. The molecule has 0 radical (unpaired) electrons. The average molecular weight is 317 g/mol. The van der Waals surface area contributed by atoms with Crippen LogP contribution in [0.25, 0.3) is 0 Å². The zero-order valence-electron chi connectivity index (χ0n) is 13.2. The van der Waals surface area contributed by atoms with E-state index in [-0.39, 0.29) is 11.3 Å². The molecule has 3 rings (SSSR count). The molecule has 1 aromatic carbocycles. The van der Waals surface area contributed by atoms with Gasteiger partial charge >= 0.3 is 0 Å². The molecule has 0 unspecified atom stereocenters. The molecule has 1 aliphatic carbocycles. The second-order valence-corrected chi connectivity index (χ2v) is 8.54. The van der Waals surface area contributed by atoms with E-state index in [2.05, 4.69) is 31.2 Å². The average Bonchev–Trinajstić information content (AvgIpc) is 2.68. The number of sulfonamides is 1. The van der Waals surface area contributed by atoms with E-state index in [0.29, 0.717) is 18.0 Å². The molecule has 1 saturated heterocycles. The molecule has 1 heterocycles. The third-order valence-electron chi connectivity index (χ3n) is 4.95. The summed E-state index contributed by atoms with van der Waals surface area (Å²) in [5, 5.41) is 0. The first-order valence-corrected chi connectivity index (χ1v) is 9.27. The molecule has 0 N–H and O–H groups in total. The molecule has 0 bridgehead atoms. The van der Waals surface area contributed by atoms with Crippen LogP contribution in [0.1, 0.15) is 25.3 Å². The van der Waals surface area contributed by atoms with Crippen LogP contribution in [0.4, 0.5) is 0 Å². The fourth-order valence-electron chi connectivity index (χ4n) is 3.29. The number of nitrogens with zero attached hydrogens (tertiary/aromatic N) is 1. The Hall–Kier alpha value is -1.39. The molecule has 0 saturated carbocycles. The molecule has 118 valence electrons. The topological polar surface area (TPSA) is 37.4 Å². The van der Waals surface area contributed by atoms with Gasteiger partial charge in [-0.25, -0.2) is 8.42 Å². The summed E-state index contributed by atoms with van der Waals surface area (Å²) < 4.78 is 27.3. The van der Waals surface area contributed by atoms with Gasteiger partial charge < -0.3 is 0 Å². The van der Waals surface area contributed by atoms with Crippen LogP contribution in [0.15, 0.2) is 53.5 Å². The lowest BCUT2D eigenvalue weighted by Crippen LogP contribution is -2.46. The summed E-state index contributed by atoms with van der Waals surface area (Å²) in [5.41, 5.74) is 1.15. The molecule has 3 nitrogen and oxygen atoms in total. The zero-order valence-corrected chi connectivity index (χ0v) is 14.0. The van der Waals surface area contributed by atoms with Crippen molar-refractivity contribution in [2.24, 2.45) is 11.3 Å². The Labute approximate surface area is 133 Å². The summed E-state index contributed by atoms with van der Waals surface area (Å²) in [6.45, 7) is 5.35. The highest BCUT2D eigenvalue weighted by Crippen LogP contribution is 2.41. The molecule has 1 fully saturated rings. The minimum Gasteiger partial charge on any atom is -0.207 e. The predicted molar refractivity (Wildman–Crippen MR) is 89.0 cm³/mol. The summed E-state index contributed by atoms with van der Waals surface area (Å²) in [4.78, 5) is 0.398. The van der Waals surface area contributed by atoms with E-state index in [1.807, 2.05) is 19.1 Å². The first-order chi connectivity index (χ1) is 10.4. The SMILES string of the molecule is Cc1ccc(S(=O)(=O)N2CC[C@]3(C)C=CCC=C[C@H]3C2)cc1. The second-order valence-electron chi connectivity index (χ2n) is 6.60. The monoisotopic (exact) mass is 317 g/mol. The Bertz CT molecular complexity index is 703. The van der Waals surface area contributed by atoms with Crippen LogP contribution >= 0.6 is 0 Å². The van der Waals surface area contributed by atoms with Crippen LogP contribution in [0.2, 0.25) is 0 Å². The van der Waals surface area contributed by atoms with Crippen molar-refractivity contribution in [1.29, 1.82) is 0 Å². The van der Waals surface area contributed by atoms with E-state index in [9.17, 15) is 8.42 Å². The molecule has 4 heteroatoms. The molecular formula is C18H23NO2S. The van der Waals surface area contributed by atoms with Crippen molar-refractivity contribution in [3.8, 4) is 0 Å². The van der Waals surface area contributed by atoms with Crippen LogP contribution in [-0.2, 0) is 10.0 Å². The van der Waals surface area contributed by atoms with E-state index in [1.165, 1.54) is 0 Å². The van der Waals surface area contributed by atoms with Crippen LogP contribution in [0, 0.1) is 18.3 Å². The third-order valence-corrected chi connectivity index (χ3v) is 6.82. The maximum absolute atomic E-state index is 12.8. The number of allylic oxidation sites excluding steroid dienone is 3. The summed E-state index contributed by atoms with van der Waals surface area (Å²) in [5.74, 6) is 0.250. The lowest BCUT2D eigenvalue weighted by molar-refractivity contribution is 0.168.